The fourth-order valence-electron chi connectivity index (χ4n) is 1.37. The largest absolute Gasteiger partial charge is 0.493 e. The molecule has 0 saturated carbocycles. The summed E-state index contributed by atoms with van der Waals surface area (Å²) in [6.07, 6.45) is 1.68. The highest BCUT2D eigenvalue weighted by atomic mass is 79.9. The molecule has 5 heteroatoms. The summed E-state index contributed by atoms with van der Waals surface area (Å²) in [5.41, 5.74) is 0.696. The Hall–Kier alpha value is -0.510. The van der Waals surface area contributed by atoms with Crippen LogP contribution in [-0.2, 0) is 0 Å². The molecule has 2 nitrogen and oxygen atoms in total. The second-order valence-electron chi connectivity index (χ2n) is 2.87. The minimum atomic E-state index is 0.439. The third-order valence-corrected chi connectivity index (χ3v) is 3.90. The number of aromatic nitrogens is 1. The number of fused-ring (bicyclic) bond motifs is 1. The minimum absolute atomic E-state index is 0.439. The quantitative estimate of drug-likeness (QED) is 0.732. The third kappa shape index (κ3) is 1.69. The van der Waals surface area contributed by atoms with E-state index < -0.39 is 0 Å². The summed E-state index contributed by atoms with van der Waals surface area (Å²) >= 11 is 15.5. The molecule has 1 heterocycles. The van der Waals surface area contributed by atoms with Crippen LogP contribution in [0.3, 0.4) is 0 Å². The van der Waals surface area contributed by atoms with Crippen molar-refractivity contribution in [3.05, 3.63) is 32.8 Å². The SMILES string of the molecule is COc1c(Br)c(Cl)c(Cl)c2cccnc12. The van der Waals surface area contributed by atoms with E-state index in [4.69, 9.17) is 27.9 Å². The van der Waals surface area contributed by atoms with E-state index >= 15 is 0 Å². The predicted molar refractivity (Wildman–Crippen MR) is 66.0 cm³/mol. The van der Waals surface area contributed by atoms with Gasteiger partial charge < -0.3 is 4.74 Å². The van der Waals surface area contributed by atoms with Crippen LogP contribution in [0.5, 0.6) is 5.75 Å². The van der Waals surface area contributed by atoms with Crippen molar-refractivity contribution in [3.63, 3.8) is 0 Å². The Morgan fingerprint density at radius 1 is 1.33 bits per heavy atom. The van der Waals surface area contributed by atoms with Crippen molar-refractivity contribution in [2.75, 3.05) is 7.11 Å². The first-order valence-electron chi connectivity index (χ1n) is 4.12. The van der Waals surface area contributed by atoms with Crippen molar-refractivity contribution in [1.82, 2.24) is 4.98 Å². The molecule has 2 aromatic rings. The van der Waals surface area contributed by atoms with Crippen molar-refractivity contribution in [2.45, 2.75) is 0 Å². The Bertz CT molecular complexity index is 530. The van der Waals surface area contributed by atoms with Crippen molar-refractivity contribution in [1.29, 1.82) is 0 Å². The number of hydrogen-bond acceptors (Lipinski definition) is 2. The summed E-state index contributed by atoms with van der Waals surface area (Å²) in [5, 5.41) is 1.70. The minimum Gasteiger partial charge on any atom is -0.493 e. The van der Waals surface area contributed by atoms with Gasteiger partial charge in [-0.05, 0) is 28.1 Å². The van der Waals surface area contributed by atoms with Gasteiger partial charge >= 0.3 is 0 Å². The lowest BCUT2D eigenvalue weighted by Crippen LogP contribution is -1.90. The van der Waals surface area contributed by atoms with Crippen LogP contribution in [-0.4, -0.2) is 12.1 Å². The van der Waals surface area contributed by atoms with Gasteiger partial charge in [-0.15, -0.1) is 0 Å². The Morgan fingerprint density at radius 3 is 2.73 bits per heavy atom. The standard InChI is InChI=1S/C10H6BrCl2NO/c1-15-10-6(11)8(13)7(12)5-3-2-4-14-9(5)10/h2-4H,1H3. The maximum atomic E-state index is 6.10. The summed E-state index contributed by atoms with van der Waals surface area (Å²) in [4.78, 5) is 4.22. The molecular formula is C10H6BrCl2NO. The molecule has 0 amide bonds. The van der Waals surface area contributed by atoms with Gasteiger partial charge in [0.05, 0.1) is 21.6 Å². The molecule has 0 atom stereocenters. The second-order valence-corrected chi connectivity index (χ2v) is 4.42. The van der Waals surface area contributed by atoms with Gasteiger partial charge in [0.1, 0.15) is 5.52 Å². The van der Waals surface area contributed by atoms with Gasteiger partial charge in [0.2, 0.25) is 0 Å². The number of ether oxygens (including phenoxy) is 1. The topological polar surface area (TPSA) is 22.1 Å². The third-order valence-electron chi connectivity index (χ3n) is 2.05. The molecule has 0 aliphatic heterocycles. The highest BCUT2D eigenvalue weighted by Gasteiger charge is 2.16. The van der Waals surface area contributed by atoms with Gasteiger partial charge in [-0.2, -0.15) is 0 Å². The molecule has 0 aliphatic rings. The van der Waals surface area contributed by atoms with Gasteiger partial charge in [-0.25, -0.2) is 0 Å². The lowest BCUT2D eigenvalue weighted by Gasteiger charge is -2.10. The Morgan fingerprint density at radius 2 is 2.07 bits per heavy atom. The molecule has 0 fully saturated rings. The Kier molecular flexibility index (Phi) is 3.05. The first-order chi connectivity index (χ1) is 7.16. The van der Waals surface area contributed by atoms with E-state index in [0.29, 0.717) is 25.8 Å². The van der Waals surface area contributed by atoms with Crippen molar-refractivity contribution in [3.8, 4) is 5.75 Å². The Labute approximate surface area is 105 Å². The van der Waals surface area contributed by atoms with E-state index in [1.165, 1.54) is 0 Å². The van der Waals surface area contributed by atoms with Crippen LogP contribution in [0.4, 0.5) is 0 Å². The number of nitrogens with zero attached hydrogens (tertiary/aromatic N) is 1. The second kappa shape index (κ2) is 4.16. The van der Waals surface area contributed by atoms with Crippen LogP contribution < -0.4 is 4.74 Å². The molecule has 2 rings (SSSR count). The van der Waals surface area contributed by atoms with E-state index in [1.807, 2.05) is 6.07 Å². The summed E-state index contributed by atoms with van der Waals surface area (Å²) < 4.78 is 5.87. The molecule has 0 saturated heterocycles. The Balaban J connectivity index is 2.98. The number of benzene rings is 1. The molecule has 15 heavy (non-hydrogen) atoms. The number of methoxy groups -OCH3 is 1. The van der Waals surface area contributed by atoms with Crippen LogP contribution in [0.15, 0.2) is 22.8 Å². The molecule has 78 valence electrons. The smallest absolute Gasteiger partial charge is 0.160 e. The monoisotopic (exact) mass is 305 g/mol. The average molecular weight is 307 g/mol. The molecule has 0 N–H and O–H groups in total. The van der Waals surface area contributed by atoms with E-state index in [-0.39, 0.29) is 0 Å². The summed E-state index contributed by atoms with van der Waals surface area (Å²) in [6.45, 7) is 0. The normalized spacial score (nSPS) is 10.7. The fourth-order valence-corrected chi connectivity index (χ4v) is 2.46. The highest BCUT2D eigenvalue weighted by Crippen LogP contribution is 2.43. The van der Waals surface area contributed by atoms with E-state index in [2.05, 4.69) is 20.9 Å². The summed E-state index contributed by atoms with van der Waals surface area (Å²) in [5.74, 6) is 0.597. The lowest BCUT2D eigenvalue weighted by molar-refractivity contribution is 0.416. The zero-order chi connectivity index (χ0) is 11.0. The summed E-state index contributed by atoms with van der Waals surface area (Å²) in [7, 11) is 1.57. The van der Waals surface area contributed by atoms with Gasteiger partial charge in [0.25, 0.3) is 0 Å². The zero-order valence-electron chi connectivity index (χ0n) is 7.72. The van der Waals surface area contributed by atoms with Crippen molar-refractivity contribution in [2.24, 2.45) is 0 Å². The van der Waals surface area contributed by atoms with E-state index in [1.54, 1.807) is 19.4 Å². The molecule has 1 aromatic carbocycles. The first kappa shape index (κ1) is 11.0. The number of pyridine rings is 1. The molecular weight excluding hydrogens is 301 g/mol. The van der Waals surface area contributed by atoms with Crippen LogP contribution in [0.25, 0.3) is 10.9 Å². The average Bonchev–Trinajstić information content (AvgIpc) is 2.27. The maximum absolute atomic E-state index is 6.10. The van der Waals surface area contributed by atoms with Crippen LogP contribution in [0, 0.1) is 0 Å². The van der Waals surface area contributed by atoms with Gasteiger partial charge in [0, 0.05) is 11.6 Å². The number of hydrogen-bond donors (Lipinski definition) is 0. The highest BCUT2D eigenvalue weighted by molar-refractivity contribution is 9.10. The van der Waals surface area contributed by atoms with E-state index in [9.17, 15) is 0 Å². The van der Waals surface area contributed by atoms with Crippen molar-refractivity contribution >= 4 is 50.0 Å². The van der Waals surface area contributed by atoms with Crippen LogP contribution >= 0.6 is 39.1 Å². The molecule has 0 unspecified atom stereocenters. The van der Waals surface area contributed by atoms with Gasteiger partial charge in [-0.3, -0.25) is 4.98 Å². The molecule has 0 spiro atoms. The molecule has 0 radical (unpaired) electrons. The molecule has 0 aliphatic carbocycles. The number of halogens is 3. The molecule has 0 bridgehead atoms. The van der Waals surface area contributed by atoms with Crippen LogP contribution in [0.1, 0.15) is 0 Å². The number of rotatable bonds is 1. The maximum Gasteiger partial charge on any atom is 0.160 e. The molecule has 1 aromatic heterocycles. The van der Waals surface area contributed by atoms with Gasteiger partial charge in [0.15, 0.2) is 5.75 Å². The lowest BCUT2D eigenvalue weighted by atomic mass is 10.2. The van der Waals surface area contributed by atoms with E-state index in [0.717, 1.165) is 5.39 Å². The summed E-state index contributed by atoms with van der Waals surface area (Å²) in [6, 6.07) is 3.66. The zero-order valence-corrected chi connectivity index (χ0v) is 10.8. The first-order valence-corrected chi connectivity index (χ1v) is 5.67. The van der Waals surface area contributed by atoms with Gasteiger partial charge in [-0.1, -0.05) is 23.2 Å². The van der Waals surface area contributed by atoms with Crippen molar-refractivity contribution < 1.29 is 4.74 Å². The van der Waals surface area contributed by atoms with Crippen LogP contribution in [0.2, 0.25) is 10.0 Å². The predicted octanol–water partition coefficient (Wildman–Crippen LogP) is 4.31. The fraction of sp³-hybridized carbons (Fsp3) is 0.100.